The number of nitrogens with zero attached hydrogens (tertiary/aromatic N) is 6. The number of carbonyl (C=O) groups is 1. The van der Waals surface area contributed by atoms with Crippen LogP contribution in [0.1, 0.15) is 33.7 Å². The van der Waals surface area contributed by atoms with Gasteiger partial charge in [0.05, 0.1) is 49.5 Å². The van der Waals surface area contributed by atoms with Gasteiger partial charge < -0.3 is 28.8 Å². The van der Waals surface area contributed by atoms with Crippen LogP contribution in [0.4, 0.5) is 23.4 Å². The maximum atomic E-state index is 14.8. The Morgan fingerprint density at radius 2 is 1.96 bits per heavy atom. The Morgan fingerprint density at radius 1 is 1.13 bits per heavy atom. The third-order valence-corrected chi connectivity index (χ3v) is 7.58. The minimum atomic E-state index is -4.49. The van der Waals surface area contributed by atoms with Gasteiger partial charge in [-0.05, 0) is 36.8 Å². The number of halogens is 4. The average Bonchev–Trinajstić information content (AvgIpc) is 3.34. The van der Waals surface area contributed by atoms with E-state index in [1.807, 2.05) is 4.90 Å². The molecule has 0 amide bonds. The SMILES string of the molecule is COc1cc(C(F)(F)F)ccc1COc1cccc(N2C=NN(Cc3nc4c(F)cc(C(=O)O)cc4n3CC3CCO3)CC2)n1. The van der Waals surface area contributed by atoms with Crippen LogP contribution >= 0.6 is 0 Å². The Kier molecular flexibility index (Phi) is 8.18. The number of imidazole rings is 1. The molecule has 1 atom stereocenters. The second-order valence-electron chi connectivity index (χ2n) is 10.5. The van der Waals surface area contributed by atoms with Gasteiger partial charge in [-0.15, -0.1) is 0 Å². The van der Waals surface area contributed by atoms with Gasteiger partial charge in [0.2, 0.25) is 5.88 Å². The van der Waals surface area contributed by atoms with Crippen molar-refractivity contribution < 1.29 is 41.7 Å². The fraction of sp³-hybridized carbons (Fsp3) is 0.333. The van der Waals surface area contributed by atoms with Crippen LogP contribution in [0, 0.1) is 5.82 Å². The molecule has 11 nitrogen and oxygen atoms in total. The molecule has 236 valence electrons. The van der Waals surface area contributed by atoms with Crippen molar-refractivity contribution in [1.29, 1.82) is 0 Å². The van der Waals surface area contributed by atoms with Crippen molar-refractivity contribution in [2.24, 2.45) is 5.10 Å². The van der Waals surface area contributed by atoms with Crippen molar-refractivity contribution in [2.45, 2.75) is 38.4 Å². The molecule has 15 heteroatoms. The maximum absolute atomic E-state index is 14.8. The van der Waals surface area contributed by atoms with Crippen molar-refractivity contribution in [3.63, 3.8) is 0 Å². The first-order valence-corrected chi connectivity index (χ1v) is 14.0. The molecule has 1 N–H and O–H groups in total. The standard InChI is InChI=1S/C30H28F4N6O5/c1-43-24-13-20(30(32,33)34)6-5-18(24)16-45-27-4-2-3-25(36-27)38-8-9-39(35-17-38)15-26-37-28-22(31)11-19(29(41)42)12-23(28)40(26)14-21-7-10-44-21/h2-6,11-13,17,21H,7-10,14-16H2,1H3,(H,41,42). The molecule has 0 spiro atoms. The van der Waals surface area contributed by atoms with E-state index in [0.29, 0.717) is 49.0 Å². The van der Waals surface area contributed by atoms with Crippen LogP contribution in [-0.4, -0.2) is 69.9 Å². The fourth-order valence-corrected chi connectivity index (χ4v) is 5.08. The summed E-state index contributed by atoms with van der Waals surface area (Å²) in [5, 5.41) is 15.7. The van der Waals surface area contributed by atoms with Crippen LogP contribution in [0.5, 0.6) is 11.6 Å². The predicted molar refractivity (Wildman–Crippen MR) is 154 cm³/mol. The second-order valence-corrected chi connectivity index (χ2v) is 10.5. The van der Waals surface area contributed by atoms with Gasteiger partial charge in [-0.2, -0.15) is 23.3 Å². The van der Waals surface area contributed by atoms with E-state index in [4.69, 9.17) is 14.2 Å². The molecule has 2 aliphatic rings. The molecule has 45 heavy (non-hydrogen) atoms. The summed E-state index contributed by atoms with van der Waals surface area (Å²) in [6.07, 6.45) is -2.12. The molecule has 2 aromatic carbocycles. The summed E-state index contributed by atoms with van der Waals surface area (Å²) in [5.74, 6) is -0.540. The van der Waals surface area contributed by atoms with Gasteiger partial charge in [0.25, 0.3) is 0 Å². The van der Waals surface area contributed by atoms with Crippen molar-refractivity contribution in [3.05, 3.63) is 76.9 Å². The number of aromatic nitrogens is 3. The minimum Gasteiger partial charge on any atom is -0.496 e. The lowest BCUT2D eigenvalue weighted by atomic mass is 10.1. The van der Waals surface area contributed by atoms with Gasteiger partial charge in [-0.3, -0.25) is 5.01 Å². The largest absolute Gasteiger partial charge is 0.496 e. The Balaban J connectivity index is 1.15. The molecule has 0 radical (unpaired) electrons. The van der Waals surface area contributed by atoms with Crippen LogP contribution in [0.25, 0.3) is 11.0 Å². The van der Waals surface area contributed by atoms with Gasteiger partial charge in [-0.25, -0.2) is 14.2 Å². The second kappa shape index (κ2) is 12.2. The highest BCUT2D eigenvalue weighted by molar-refractivity contribution is 5.92. The van der Waals surface area contributed by atoms with Crippen molar-refractivity contribution in [1.82, 2.24) is 19.5 Å². The highest BCUT2D eigenvalue weighted by Gasteiger charge is 2.31. The summed E-state index contributed by atoms with van der Waals surface area (Å²) in [5.41, 5.74) is -0.0685. The first kappa shape index (κ1) is 30.1. The zero-order chi connectivity index (χ0) is 31.7. The summed E-state index contributed by atoms with van der Waals surface area (Å²) < 4.78 is 72.3. The highest BCUT2D eigenvalue weighted by Crippen LogP contribution is 2.33. The Hall–Kier alpha value is -4.92. The third kappa shape index (κ3) is 6.48. The first-order chi connectivity index (χ1) is 21.6. The van der Waals surface area contributed by atoms with Crippen molar-refractivity contribution in [3.8, 4) is 11.6 Å². The predicted octanol–water partition coefficient (Wildman–Crippen LogP) is 4.93. The quantitative estimate of drug-likeness (QED) is 0.244. The molecular formula is C30H28F4N6O5. The number of hydrogen-bond acceptors (Lipinski definition) is 9. The molecule has 1 fully saturated rings. The summed E-state index contributed by atoms with van der Waals surface area (Å²) in [4.78, 5) is 22.4. The number of hydrogen-bond donors (Lipinski definition) is 1. The molecule has 0 aliphatic carbocycles. The molecule has 4 heterocycles. The normalized spacial score (nSPS) is 16.6. The first-order valence-electron chi connectivity index (χ1n) is 14.0. The Bertz CT molecular complexity index is 1760. The van der Waals surface area contributed by atoms with Gasteiger partial charge in [0.1, 0.15) is 35.9 Å². The average molecular weight is 629 g/mol. The van der Waals surface area contributed by atoms with Crippen molar-refractivity contribution in [2.75, 3.05) is 31.7 Å². The lowest BCUT2D eigenvalue weighted by Gasteiger charge is -2.30. The molecular weight excluding hydrogens is 600 g/mol. The van der Waals surface area contributed by atoms with E-state index >= 15 is 0 Å². The zero-order valence-corrected chi connectivity index (χ0v) is 24.0. The molecule has 2 aliphatic heterocycles. The van der Waals surface area contributed by atoms with E-state index in [9.17, 15) is 27.5 Å². The zero-order valence-electron chi connectivity index (χ0n) is 24.0. The van der Waals surface area contributed by atoms with Crippen LogP contribution in [0.2, 0.25) is 0 Å². The number of alkyl halides is 3. The van der Waals surface area contributed by atoms with Gasteiger partial charge in [-0.1, -0.05) is 12.1 Å². The molecule has 1 saturated heterocycles. The van der Waals surface area contributed by atoms with Gasteiger partial charge >= 0.3 is 12.1 Å². The number of rotatable bonds is 10. The van der Waals surface area contributed by atoms with Crippen LogP contribution in [0.15, 0.2) is 53.6 Å². The molecule has 6 rings (SSSR count). The van der Waals surface area contributed by atoms with Crippen molar-refractivity contribution >= 4 is 29.2 Å². The van der Waals surface area contributed by atoms with E-state index in [2.05, 4.69) is 15.1 Å². The molecule has 4 aromatic rings. The maximum Gasteiger partial charge on any atom is 0.416 e. The number of ether oxygens (including phenoxy) is 3. The Labute approximate surface area is 254 Å². The van der Waals surface area contributed by atoms with Gasteiger partial charge in [0, 0.05) is 24.8 Å². The summed E-state index contributed by atoms with van der Waals surface area (Å²) in [7, 11) is 1.29. The summed E-state index contributed by atoms with van der Waals surface area (Å²) in [6, 6.07) is 10.8. The number of hydrazone groups is 1. The smallest absolute Gasteiger partial charge is 0.416 e. The van der Waals surface area contributed by atoms with E-state index in [1.54, 1.807) is 34.1 Å². The van der Waals surface area contributed by atoms with Crippen LogP contribution < -0.4 is 14.4 Å². The highest BCUT2D eigenvalue weighted by atomic mass is 19.4. The number of benzene rings is 2. The topological polar surface area (TPSA) is 115 Å². The third-order valence-electron chi connectivity index (χ3n) is 7.58. The summed E-state index contributed by atoms with van der Waals surface area (Å²) >= 11 is 0. The monoisotopic (exact) mass is 628 g/mol. The van der Waals surface area contributed by atoms with E-state index in [0.717, 1.165) is 24.6 Å². The minimum absolute atomic E-state index is 0.0545. The molecule has 1 unspecified atom stereocenters. The van der Waals surface area contributed by atoms with Crippen LogP contribution in [-0.2, 0) is 30.6 Å². The van der Waals surface area contributed by atoms with Crippen LogP contribution in [0.3, 0.4) is 0 Å². The summed E-state index contributed by atoms with van der Waals surface area (Å²) in [6.45, 7) is 2.21. The Morgan fingerprint density at radius 3 is 2.62 bits per heavy atom. The van der Waals surface area contributed by atoms with E-state index < -0.39 is 23.5 Å². The fourth-order valence-electron chi connectivity index (χ4n) is 5.08. The number of aromatic carboxylic acids is 1. The number of anilines is 1. The number of carboxylic acids is 1. The van der Waals surface area contributed by atoms with E-state index in [-0.39, 0.29) is 42.0 Å². The number of carboxylic acid groups (broad SMARTS) is 1. The lowest BCUT2D eigenvalue weighted by Crippen LogP contribution is -2.38. The van der Waals surface area contributed by atoms with Gasteiger partial charge in [0.15, 0.2) is 5.82 Å². The molecule has 0 bridgehead atoms. The number of methoxy groups -OCH3 is 1. The molecule has 0 saturated carbocycles. The number of pyridine rings is 1. The molecule has 2 aromatic heterocycles. The van der Waals surface area contributed by atoms with E-state index in [1.165, 1.54) is 19.2 Å². The number of fused-ring (bicyclic) bond motifs is 1. The lowest BCUT2D eigenvalue weighted by molar-refractivity contribution is -0.137.